The predicted molar refractivity (Wildman–Crippen MR) is 119 cm³/mol. The summed E-state index contributed by atoms with van der Waals surface area (Å²) in [6.45, 7) is 0. The van der Waals surface area contributed by atoms with Crippen molar-refractivity contribution >= 4 is 46.0 Å². The van der Waals surface area contributed by atoms with Crippen molar-refractivity contribution in [3.05, 3.63) is 59.7 Å². The van der Waals surface area contributed by atoms with Crippen LogP contribution in [0, 0.1) is 0 Å². The van der Waals surface area contributed by atoms with E-state index >= 15 is 0 Å². The quantitative estimate of drug-likeness (QED) is 0.234. The highest BCUT2D eigenvalue weighted by Crippen LogP contribution is 2.25. The first-order chi connectivity index (χ1) is 14.4. The minimum absolute atomic E-state index is 0.000897. The summed E-state index contributed by atoms with van der Waals surface area (Å²) in [5, 5.41) is 38.0. The molecule has 0 saturated heterocycles. The minimum Gasteiger partial charge on any atom is -0.507 e. The number of rotatable bonds is 11. The van der Waals surface area contributed by atoms with E-state index in [-0.39, 0.29) is 23.0 Å². The van der Waals surface area contributed by atoms with E-state index in [9.17, 15) is 30.0 Å². The molecule has 8 nitrogen and oxygen atoms in total. The molecular formula is C20H20N2O6S2. The third-order valence-electron chi connectivity index (χ3n) is 3.77. The molecule has 10 heteroatoms. The van der Waals surface area contributed by atoms with Crippen molar-refractivity contribution in [3.63, 3.8) is 0 Å². The molecular weight excluding hydrogens is 428 g/mol. The average Bonchev–Trinajstić information content (AvgIpc) is 2.71. The summed E-state index contributed by atoms with van der Waals surface area (Å²) in [4.78, 5) is 30.8. The van der Waals surface area contributed by atoms with Crippen molar-refractivity contribution in [2.75, 3.05) is 11.5 Å². The van der Waals surface area contributed by atoms with Crippen LogP contribution < -0.4 is 0 Å². The second-order valence-corrected chi connectivity index (χ2v) is 8.50. The summed E-state index contributed by atoms with van der Waals surface area (Å²) in [7, 11) is 2.35. The van der Waals surface area contributed by atoms with Crippen molar-refractivity contribution in [1.82, 2.24) is 0 Å². The Morgan fingerprint density at radius 1 is 0.767 bits per heavy atom. The second kappa shape index (κ2) is 11.9. The zero-order chi connectivity index (χ0) is 21.9. The van der Waals surface area contributed by atoms with Crippen LogP contribution in [0.4, 0.5) is 0 Å². The van der Waals surface area contributed by atoms with Crippen molar-refractivity contribution in [3.8, 4) is 11.5 Å². The van der Waals surface area contributed by atoms with Gasteiger partial charge in [-0.2, -0.15) is 0 Å². The van der Waals surface area contributed by atoms with Crippen LogP contribution in [0.3, 0.4) is 0 Å². The van der Waals surface area contributed by atoms with E-state index in [0.29, 0.717) is 11.1 Å². The largest absolute Gasteiger partial charge is 0.507 e. The number of aliphatic imine (C=N–C) groups is 2. The Balaban J connectivity index is 1.89. The summed E-state index contributed by atoms with van der Waals surface area (Å²) in [5.41, 5.74) is 0.816. The maximum atomic E-state index is 11.4. The Hall–Kier alpha value is -2.98. The van der Waals surface area contributed by atoms with Gasteiger partial charge in [-0.15, -0.1) is 0 Å². The Kier molecular flexibility index (Phi) is 9.23. The molecule has 2 aromatic carbocycles. The van der Waals surface area contributed by atoms with Gasteiger partial charge in [0.15, 0.2) is 12.1 Å². The molecule has 0 spiro atoms. The number of hydrogen-bond acceptors (Lipinski definition) is 8. The van der Waals surface area contributed by atoms with Crippen LogP contribution in [0.1, 0.15) is 11.1 Å². The number of para-hydroxylation sites is 2. The molecule has 2 aromatic rings. The summed E-state index contributed by atoms with van der Waals surface area (Å²) in [6, 6.07) is 10.8. The average molecular weight is 449 g/mol. The van der Waals surface area contributed by atoms with Crippen molar-refractivity contribution in [2.45, 2.75) is 12.1 Å². The van der Waals surface area contributed by atoms with E-state index in [4.69, 9.17) is 0 Å². The summed E-state index contributed by atoms with van der Waals surface area (Å²) < 4.78 is 0. The van der Waals surface area contributed by atoms with Gasteiger partial charge in [0.25, 0.3) is 0 Å². The fourth-order valence-corrected chi connectivity index (χ4v) is 4.37. The molecule has 0 amide bonds. The van der Waals surface area contributed by atoms with Gasteiger partial charge in [0.1, 0.15) is 11.5 Å². The Labute approximate surface area is 180 Å². The number of benzene rings is 2. The van der Waals surface area contributed by atoms with Gasteiger partial charge in [0.2, 0.25) is 0 Å². The SMILES string of the molecule is O=C(O)[C@H](CSSC[C@@H](N=Cc1ccccc1O)C(=O)O)N=Cc1ccccc1O. The van der Waals surface area contributed by atoms with Gasteiger partial charge in [-0.3, -0.25) is 9.98 Å². The zero-order valence-corrected chi connectivity index (χ0v) is 17.3. The molecule has 0 fully saturated rings. The van der Waals surface area contributed by atoms with Gasteiger partial charge in [-0.25, -0.2) is 9.59 Å². The molecule has 0 aromatic heterocycles. The number of phenolic OH excluding ortho intramolecular Hbond substituents is 2. The van der Waals surface area contributed by atoms with Crippen LogP contribution in [0.5, 0.6) is 11.5 Å². The van der Waals surface area contributed by atoms with Crippen LogP contribution >= 0.6 is 21.6 Å². The van der Waals surface area contributed by atoms with Gasteiger partial charge in [-0.05, 0) is 24.3 Å². The standard InChI is InChI=1S/C20H20N2O6S2/c23-17-7-3-1-5-13(17)9-21-15(19(25)26)11-29-30-12-16(20(27)28)22-10-14-6-2-4-8-18(14)24/h1-10,15-16,23-24H,11-12H2,(H,25,26)(H,27,28)/t15-,16+. The van der Waals surface area contributed by atoms with Crippen LogP contribution in [-0.4, -0.2) is 68.4 Å². The maximum Gasteiger partial charge on any atom is 0.329 e. The molecule has 0 saturated carbocycles. The van der Waals surface area contributed by atoms with Crippen molar-refractivity contribution in [2.24, 2.45) is 9.98 Å². The van der Waals surface area contributed by atoms with Gasteiger partial charge in [0.05, 0.1) is 0 Å². The number of carboxylic acid groups (broad SMARTS) is 2. The zero-order valence-electron chi connectivity index (χ0n) is 15.7. The number of aliphatic carboxylic acids is 2. The highest BCUT2D eigenvalue weighted by molar-refractivity contribution is 8.76. The number of phenols is 2. The lowest BCUT2D eigenvalue weighted by Gasteiger charge is -2.09. The van der Waals surface area contributed by atoms with Crippen LogP contribution in [0.2, 0.25) is 0 Å². The van der Waals surface area contributed by atoms with Gasteiger partial charge >= 0.3 is 11.9 Å². The number of aromatic hydroxyl groups is 2. The second-order valence-electron chi connectivity index (χ2n) is 5.95. The number of carbonyl (C=O) groups is 2. The third-order valence-corrected chi connectivity index (χ3v) is 6.15. The van der Waals surface area contributed by atoms with E-state index in [2.05, 4.69) is 9.98 Å². The van der Waals surface area contributed by atoms with E-state index in [1.165, 1.54) is 46.1 Å². The van der Waals surface area contributed by atoms with Gasteiger partial charge in [0, 0.05) is 35.1 Å². The summed E-state index contributed by atoms with van der Waals surface area (Å²) in [6.07, 6.45) is 2.60. The number of hydrogen-bond donors (Lipinski definition) is 4. The lowest BCUT2D eigenvalue weighted by atomic mass is 10.2. The van der Waals surface area contributed by atoms with Gasteiger partial charge in [-0.1, -0.05) is 45.9 Å². The van der Waals surface area contributed by atoms with E-state index in [0.717, 1.165) is 0 Å². The van der Waals surface area contributed by atoms with E-state index in [1.807, 2.05) is 0 Å². The normalized spacial score (nSPS) is 13.5. The maximum absolute atomic E-state index is 11.4. The van der Waals surface area contributed by atoms with E-state index in [1.54, 1.807) is 36.4 Å². The Morgan fingerprint density at radius 2 is 1.13 bits per heavy atom. The molecule has 0 aliphatic carbocycles. The van der Waals surface area contributed by atoms with Crippen LogP contribution in [0.25, 0.3) is 0 Å². The molecule has 30 heavy (non-hydrogen) atoms. The van der Waals surface area contributed by atoms with Crippen LogP contribution in [-0.2, 0) is 9.59 Å². The topological polar surface area (TPSA) is 140 Å². The molecule has 2 atom stereocenters. The van der Waals surface area contributed by atoms with E-state index < -0.39 is 24.0 Å². The third kappa shape index (κ3) is 7.45. The number of nitrogens with zero attached hydrogens (tertiary/aromatic N) is 2. The molecule has 0 heterocycles. The predicted octanol–water partition coefficient (Wildman–Crippen LogP) is 2.92. The molecule has 0 aliphatic rings. The Bertz CT molecular complexity index is 860. The lowest BCUT2D eigenvalue weighted by molar-refractivity contribution is -0.138. The number of carboxylic acids is 2. The van der Waals surface area contributed by atoms with Crippen molar-refractivity contribution < 1.29 is 30.0 Å². The van der Waals surface area contributed by atoms with Crippen LogP contribution in [0.15, 0.2) is 58.5 Å². The smallest absolute Gasteiger partial charge is 0.329 e. The molecule has 2 rings (SSSR count). The molecule has 0 aliphatic heterocycles. The highest BCUT2D eigenvalue weighted by Gasteiger charge is 2.19. The summed E-state index contributed by atoms with van der Waals surface area (Å²) in [5.74, 6) is -2.03. The lowest BCUT2D eigenvalue weighted by Crippen LogP contribution is -2.22. The highest BCUT2D eigenvalue weighted by atomic mass is 33.1. The summed E-state index contributed by atoms with van der Waals surface area (Å²) >= 11 is 0. The molecule has 158 valence electrons. The fraction of sp³-hybridized carbons (Fsp3) is 0.200. The fourth-order valence-electron chi connectivity index (χ4n) is 2.12. The van der Waals surface area contributed by atoms with Crippen molar-refractivity contribution in [1.29, 1.82) is 0 Å². The Morgan fingerprint density at radius 3 is 1.47 bits per heavy atom. The monoisotopic (exact) mass is 448 g/mol. The first kappa shape index (κ1) is 23.3. The van der Waals surface area contributed by atoms with Gasteiger partial charge < -0.3 is 20.4 Å². The molecule has 0 bridgehead atoms. The first-order valence-corrected chi connectivity index (χ1v) is 11.2. The molecule has 0 radical (unpaired) electrons. The first-order valence-electron chi connectivity index (χ1n) is 8.71. The minimum atomic E-state index is -1.12. The molecule has 0 unspecified atom stereocenters. The molecule has 4 N–H and O–H groups in total.